The first-order valence-corrected chi connectivity index (χ1v) is 9.88. The van der Waals surface area contributed by atoms with E-state index in [2.05, 4.69) is 9.88 Å². The van der Waals surface area contributed by atoms with Crippen molar-refractivity contribution < 1.29 is 13.2 Å². The van der Waals surface area contributed by atoms with Crippen molar-refractivity contribution in [1.29, 1.82) is 0 Å². The second-order valence-electron chi connectivity index (χ2n) is 5.75. The number of hydrogen-bond donors (Lipinski definition) is 0. The molecule has 7 heteroatoms. The van der Waals surface area contributed by atoms with Gasteiger partial charge in [0, 0.05) is 30.8 Å². The average Bonchev–Trinajstić information content (AvgIpc) is 3.12. The fraction of sp³-hybridized carbons (Fsp3) is 0.769. The fourth-order valence-corrected chi connectivity index (χ4v) is 4.69. The molecule has 1 aromatic rings. The third kappa shape index (κ3) is 3.78. The zero-order chi connectivity index (χ0) is 14.2. The van der Waals surface area contributed by atoms with E-state index in [-0.39, 0.29) is 5.75 Å². The van der Waals surface area contributed by atoms with Gasteiger partial charge in [-0.05, 0) is 18.8 Å². The van der Waals surface area contributed by atoms with Gasteiger partial charge in [0.15, 0.2) is 9.84 Å². The van der Waals surface area contributed by atoms with Crippen LogP contribution in [-0.2, 0) is 26.9 Å². The maximum absolute atomic E-state index is 11.3. The lowest BCUT2D eigenvalue weighted by Gasteiger charge is -2.35. The molecule has 20 heavy (non-hydrogen) atoms. The molecule has 0 N–H and O–H groups in total. The van der Waals surface area contributed by atoms with Gasteiger partial charge in [-0.1, -0.05) is 0 Å². The molecule has 1 aliphatic carbocycles. The molecule has 2 heterocycles. The first kappa shape index (κ1) is 14.4. The molecule has 1 saturated carbocycles. The lowest BCUT2D eigenvalue weighted by Crippen LogP contribution is -2.46. The van der Waals surface area contributed by atoms with Crippen LogP contribution in [0.4, 0.5) is 0 Å². The summed E-state index contributed by atoms with van der Waals surface area (Å²) in [4.78, 5) is 6.91. The predicted octanol–water partition coefficient (Wildman–Crippen LogP) is 1.30. The summed E-state index contributed by atoms with van der Waals surface area (Å²) in [5.41, 5.74) is 0.987. The third-order valence-corrected chi connectivity index (χ3v) is 5.67. The van der Waals surface area contributed by atoms with Crippen LogP contribution in [0.1, 0.15) is 23.5 Å². The van der Waals surface area contributed by atoms with Crippen molar-refractivity contribution >= 4 is 21.2 Å². The number of aromatic nitrogens is 1. The highest BCUT2D eigenvalue weighted by atomic mass is 32.2. The first-order valence-electron chi connectivity index (χ1n) is 6.94. The first-order chi connectivity index (χ1) is 9.51. The normalized spacial score (nSPS) is 24.9. The highest BCUT2D eigenvalue weighted by Gasteiger charge is 2.37. The summed E-state index contributed by atoms with van der Waals surface area (Å²) in [5, 5.41) is 2.68. The van der Waals surface area contributed by atoms with Crippen LogP contribution >= 0.6 is 11.3 Å². The summed E-state index contributed by atoms with van der Waals surface area (Å²) in [7, 11) is -3.00. The van der Waals surface area contributed by atoms with Crippen LogP contribution in [0.2, 0.25) is 0 Å². The van der Waals surface area contributed by atoms with Crippen LogP contribution in [0, 0.1) is 5.92 Å². The molecule has 112 valence electrons. The predicted molar refractivity (Wildman–Crippen MR) is 78.4 cm³/mol. The lowest BCUT2D eigenvalue weighted by molar-refractivity contribution is -0.0202. The molecule has 0 bridgehead atoms. The molecule has 2 fully saturated rings. The quantitative estimate of drug-likeness (QED) is 0.819. The molecule has 1 aliphatic heterocycles. The number of thiazole rings is 1. The minimum atomic E-state index is -3.00. The molecule has 5 nitrogen and oxygen atoms in total. The Morgan fingerprint density at radius 3 is 3.00 bits per heavy atom. The SMILES string of the molecule is CS(=O)(=O)Cc1nc(CN2CCOC[C@H]2C2CC2)cs1. The van der Waals surface area contributed by atoms with Crippen LogP contribution < -0.4 is 0 Å². The van der Waals surface area contributed by atoms with E-state index in [1.54, 1.807) is 0 Å². The monoisotopic (exact) mass is 316 g/mol. The van der Waals surface area contributed by atoms with Gasteiger partial charge in [0.2, 0.25) is 0 Å². The zero-order valence-corrected chi connectivity index (χ0v) is 13.3. The van der Waals surface area contributed by atoms with Crippen molar-refractivity contribution in [3.05, 3.63) is 16.1 Å². The van der Waals surface area contributed by atoms with Gasteiger partial charge in [-0.3, -0.25) is 4.90 Å². The van der Waals surface area contributed by atoms with Crippen LogP contribution in [0.5, 0.6) is 0 Å². The zero-order valence-electron chi connectivity index (χ0n) is 11.6. The van der Waals surface area contributed by atoms with Crippen molar-refractivity contribution in [2.75, 3.05) is 26.0 Å². The Hall–Kier alpha value is -0.500. The van der Waals surface area contributed by atoms with Gasteiger partial charge in [-0.25, -0.2) is 13.4 Å². The smallest absolute Gasteiger partial charge is 0.153 e. The Labute approximate surface area is 123 Å². The highest BCUT2D eigenvalue weighted by Crippen LogP contribution is 2.37. The molecule has 0 amide bonds. The van der Waals surface area contributed by atoms with Crippen molar-refractivity contribution in [1.82, 2.24) is 9.88 Å². The summed E-state index contributed by atoms with van der Waals surface area (Å²) in [6.07, 6.45) is 3.86. The Morgan fingerprint density at radius 2 is 2.30 bits per heavy atom. The van der Waals surface area contributed by atoms with Gasteiger partial charge >= 0.3 is 0 Å². The van der Waals surface area contributed by atoms with E-state index in [1.807, 2.05) is 5.38 Å². The van der Waals surface area contributed by atoms with Gasteiger partial charge in [0.05, 0.1) is 18.9 Å². The fourth-order valence-electron chi connectivity index (χ4n) is 2.69. The molecule has 0 spiro atoms. The summed E-state index contributed by atoms with van der Waals surface area (Å²) in [5.74, 6) is 0.830. The number of ether oxygens (including phenoxy) is 1. The van der Waals surface area contributed by atoms with E-state index in [9.17, 15) is 8.42 Å². The molecular formula is C13H20N2O3S2. The van der Waals surface area contributed by atoms with Crippen molar-refractivity contribution in [3.8, 4) is 0 Å². The van der Waals surface area contributed by atoms with E-state index in [1.165, 1.54) is 30.4 Å². The summed E-state index contributed by atoms with van der Waals surface area (Å²) < 4.78 is 28.2. The second-order valence-corrected chi connectivity index (χ2v) is 8.84. The topological polar surface area (TPSA) is 59.5 Å². The largest absolute Gasteiger partial charge is 0.378 e. The molecule has 1 saturated heterocycles. The molecular weight excluding hydrogens is 296 g/mol. The van der Waals surface area contributed by atoms with Crippen molar-refractivity contribution in [2.24, 2.45) is 5.92 Å². The van der Waals surface area contributed by atoms with E-state index in [4.69, 9.17) is 4.74 Å². The Kier molecular flexibility index (Phi) is 4.12. The molecule has 1 atom stereocenters. The lowest BCUT2D eigenvalue weighted by atomic mass is 10.1. The van der Waals surface area contributed by atoms with Crippen LogP contribution in [0.25, 0.3) is 0 Å². The molecule has 0 radical (unpaired) electrons. The van der Waals surface area contributed by atoms with Crippen LogP contribution in [0.3, 0.4) is 0 Å². The van der Waals surface area contributed by atoms with Crippen molar-refractivity contribution in [3.63, 3.8) is 0 Å². The minimum Gasteiger partial charge on any atom is -0.378 e. The van der Waals surface area contributed by atoms with Crippen LogP contribution in [0.15, 0.2) is 5.38 Å². The van der Waals surface area contributed by atoms with E-state index >= 15 is 0 Å². The number of rotatable bonds is 5. The van der Waals surface area contributed by atoms with Gasteiger partial charge < -0.3 is 4.74 Å². The molecule has 0 unspecified atom stereocenters. The van der Waals surface area contributed by atoms with Gasteiger partial charge in [-0.2, -0.15) is 0 Å². The summed E-state index contributed by atoms with van der Waals surface area (Å²) in [6, 6.07) is 0.517. The second kappa shape index (κ2) is 5.71. The third-order valence-electron chi connectivity index (χ3n) is 3.80. The molecule has 1 aromatic heterocycles. The number of hydrogen-bond acceptors (Lipinski definition) is 6. The van der Waals surface area contributed by atoms with E-state index in [0.717, 1.165) is 37.9 Å². The molecule has 0 aromatic carbocycles. The van der Waals surface area contributed by atoms with Gasteiger partial charge in [0.25, 0.3) is 0 Å². The Balaban J connectivity index is 1.64. The van der Waals surface area contributed by atoms with Gasteiger partial charge in [0.1, 0.15) is 10.8 Å². The summed E-state index contributed by atoms with van der Waals surface area (Å²) >= 11 is 1.44. The number of nitrogens with zero attached hydrogens (tertiary/aromatic N) is 2. The average molecular weight is 316 g/mol. The van der Waals surface area contributed by atoms with Crippen LogP contribution in [-0.4, -0.2) is 50.4 Å². The Morgan fingerprint density at radius 1 is 1.50 bits per heavy atom. The maximum atomic E-state index is 11.3. The number of morpholine rings is 1. The summed E-state index contributed by atoms with van der Waals surface area (Å²) in [6.45, 7) is 3.36. The minimum absolute atomic E-state index is 0.0484. The molecule has 2 aliphatic rings. The highest BCUT2D eigenvalue weighted by molar-refractivity contribution is 7.90. The molecule has 3 rings (SSSR count). The maximum Gasteiger partial charge on any atom is 0.153 e. The van der Waals surface area contributed by atoms with Gasteiger partial charge in [-0.15, -0.1) is 11.3 Å². The van der Waals surface area contributed by atoms with E-state index < -0.39 is 9.84 Å². The Bertz CT molecular complexity index is 566. The van der Waals surface area contributed by atoms with E-state index in [0.29, 0.717) is 11.0 Å². The number of sulfone groups is 1. The standard InChI is InChI=1S/C13H20N2O3S2/c1-20(16,17)9-13-14-11(8-19-13)6-15-4-5-18-7-12(15)10-2-3-10/h8,10,12H,2-7,9H2,1H3/t12-/m0/s1. The van der Waals surface area contributed by atoms with Crippen molar-refractivity contribution in [2.45, 2.75) is 31.2 Å².